The third-order valence-corrected chi connectivity index (χ3v) is 12.3. The van der Waals surface area contributed by atoms with Crippen LogP contribution in [0, 0.1) is 0 Å². The van der Waals surface area contributed by atoms with E-state index < -0.39 is 14.4 Å². The van der Waals surface area contributed by atoms with Crippen LogP contribution in [0.4, 0.5) is 5.69 Å². The summed E-state index contributed by atoms with van der Waals surface area (Å²) in [7, 11) is -1.27. The Labute approximate surface area is 232 Å². The number of allylic oxidation sites excluding steroid dienone is 1. The molecule has 1 N–H and O–H groups in total. The Morgan fingerprint density at radius 2 is 1.62 bits per heavy atom. The number of methoxy groups -OCH3 is 1. The Morgan fingerprint density at radius 1 is 1.03 bits per heavy atom. The molecule has 0 bridgehead atoms. The molecule has 0 fully saturated rings. The van der Waals surface area contributed by atoms with E-state index in [4.69, 9.17) is 9.16 Å². The molecule has 204 valence electrons. The minimum absolute atomic E-state index is 0.00835. The molecular formula is C32H38N2O4Si. The van der Waals surface area contributed by atoms with Crippen LogP contribution in [0.5, 0.6) is 5.75 Å². The van der Waals surface area contributed by atoms with Crippen molar-refractivity contribution in [3.05, 3.63) is 96.2 Å². The van der Waals surface area contributed by atoms with Gasteiger partial charge in [-0.2, -0.15) is 0 Å². The molecule has 0 saturated heterocycles. The largest absolute Gasteiger partial charge is 0.494 e. The smallest absolute Gasteiger partial charge is 0.261 e. The molecule has 1 heterocycles. The van der Waals surface area contributed by atoms with Crippen molar-refractivity contribution < 1.29 is 18.8 Å². The van der Waals surface area contributed by atoms with Gasteiger partial charge in [-0.15, -0.1) is 0 Å². The van der Waals surface area contributed by atoms with Gasteiger partial charge in [0, 0.05) is 18.7 Å². The highest BCUT2D eigenvalue weighted by Gasteiger charge is 2.51. The van der Waals surface area contributed by atoms with Crippen molar-refractivity contribution in [3.8, 4) is 5.75 Å². The van der Waals surface area contributed by atoms with Crippen LogP contribution in [0.3, 0.4) is 0 Å². The second-order valence-electron chi connectivity index (χ2n) is 10.9. The number of amides is 2. The quantitative estimate of drug-likeness (QED) is 0.398. The molecule has 0 aromatic heterocycles. The Kier molecular flexibility index (Phi) is 8.42. The number of nitrogens with zero attached hydrogens (tertiary/aromatic N) is 1. The van der Waals surface area contributed by atoms with Crippen molar-refractivity contribution in [1.29, 1.82) is 0 Å². The van der Waals surface area contributed by atoms with E-state index in [9.17, 15) is 9.59 Å². The van der Waals surface area contributed by atoms with E-state index in [1.807, 2.05) is 37.4 Å². The van der Waals surface area contributed by atoms with Gasteiger partial charge in [-0.05, 0) is 34.0 Å². The summed E-state index contributed by atoms with van der Waals surface area (Å²) in [6.07, 6.45) is 3.92. The lowest BCUT2D eigenvalue weighted by molar-refractivity contribution is -0.131. The average molecular weight is 543 g/mol. The van der Waals surface area contributed by atoms with E-state index in [1.165, 1.54) is 17.3 Å². The van der Waals surface area contributed by atoms with Gasteiger partial charge in [0.1, 0.15) is 5.75 Å². The van der Waals surface area contributed by atoms with Gasteiger partial charge in [-0.3, -0.25) is 9.59 Å². The van der Waals surface area contributed by atoms with E-state index in [1.54, 1.807) is 18.1 Å². The summed E-state index contributed by atoms with van der Waals surface area (Å²) in [4.78, 5) is 27.1. The first-order valence-corrected chi connectivity index (χ1v) is 15.2. The van der Waals surface area contributed by atoms with E-state index >= 15 is 0 Å². The highest BCUT2D eigenvalue weighted by molar-refractivity contribution is 6.99. The Balaban J connectivity index is 1.90. The molecular weight excluding hydrogens is 504 g/mol. The number of carbonyl (C=O) groups excluding carboxylic acids is 2. The van der Waals surface area contributed by atoms with E-state index in [0.29, 0.717) is 11.4 Å². The van der Waals surface area contributed by atoms with E-state index in [0.717, 1.165) is 11.1 Å². The van der Waals surface area contributed by atoms with Gasteiger partial charge < -0.3 is 19.4 Å². The van der Waals surface area contributed by atoms with Crippen LogP contribution in [0.2, 0.25) is 5.04 Å². The molecule has 0 radical (unpaired) electrons. The molecule has 1 atom stereocenters. The van der Waals surface area contributed by atoms with Crippen LogP contribution in [-0.4, -0.2) is 38.7 Å². The molecule has 3 aromatic carbocycles. The predicted octanol–water partition coefficient (Wildman–Crippen LogP) is 5.19. The Morgan fingerprint density at radius 3 is 2.10 bits per heavy atom. The third-order valence-electron chi connectivity index (χ3n) is 7.28. The fourth-order valence-corrected chi connectivity index (χ4v) is 10.3. The minimum Gasteiger partial charge on any atom is -0.494 e. The normalized spacial score (nSPS) is 15.8. The van der Waals surface area contributed by atoms with Crippen LogP contribution in [0.1, 0.15) is 51.8 Å². The number of fused-ring (bicyclic) bond motifs is 1. The summed E-state index contributed by atoms with van der Waals surface area (Å²) in [6.45, 7) is 10.3. The zero-order valence-corrected chi connectivity index (χ0v) is 24.7. The van der Waals surface area contributed by atoms with Gasteiger partial charge in [-0.25, -0.2) is 0 Å². The van der Waals surface area contributed by atoms with Crippen molar-refractivity contribution in [2.75, 3.05) is 19.0 Å². The van der Waals surface area contributed by atoms with Crippen LogP contribution in [-0.2, 0) is 20.4 Å². The lowest BCUT2D eigenvalue weighted by Crippen LogP contribution is -2.67. The van der Waals surface area contributed by atoms with Crippen LogP contribution >= 0.6 is 0 Å². The van der Waals surface area contributed by atoms with Crippen molar-refractivity contribution in [2.24, 2.45) is 0 Å². The third kappa shape index (κ3) is 5.42. The summed E-state index contributed by atoms with van der Waals surface area (Å²) in [5, 5.41) is 5.00. The summed E-state index contributed by atoms with van der Waals surface area (Å²) in [5.41, 5.74) is 2.32. The maximum Gasteiger partial charge on any atom is 0.261 e. The number of carbonyl (C=O) groups is 2. The van der Waals surface area contributed by atoms with Crippen molar-refractivity contribution in [3.63, 3.8) is 0 Å². The van der Waals surface area contributed by atoms with Gasteiger partial charge in [0.15, 0.2) is 0 Å². The van der Waals surface area contributed by atoms with E-state index in [2.05, 4.69) is 74.6 Å². The number of benzene rings is 3. The molecule has 3 aromatic rings. The molecule has 0 saturated carbocycles. The summed E-state index contributed by atoms with van der Waals surface area (Å²) in [6, 6.07) is 24.2. The monoisotopic (exact) mass is 542 g/mol. The SMILES string of the molecule is C/C=C/N1C(=O)Cc2ccc(NC(C)=O)c(OC)c2[C@@H]1CO[Si](c1ccccc1)(c1ccccc1)C(C)(C)C. The maximum absolute atomic E-state index is 13.4. The number of rotatable bonds is 8. The fraction of sp³-hybridized carbons (Fsp3) is 0.312. The highest BCUT2D eigenvalue weighted by Crippen LogP contribution is 2.44. The lowest BCUT2D eigenvalue weighted by atomic mass is 9.91. The fourth-order valence-electron chi connectivity index (χ4n) is 5.71. The second-order valence-corrected chi connectivity index (χ2v) is 15.2. The van der Waals surface area contributed by atoms with Crippen LogP contribution in [0.25, 0.3) is 0 Å². The summed E-state index contributed by atoms with van der Waals surface area (Å²) >= 11 is 0. The van der Waals surface area contributed by atoms with Gasteiger partial charge in [0.05, 0.1) is 31.9 Å². The number of nitrogens with one attached hydrogen (secondary N) is 1. The molecule has 1 aliphatic rings. The second kappa shape index (κ2) is 11.6. The maximum atomic E-state index is 13.4. The van der Waals surface area contributed by atoms with Gasteiger partial charge in [0.25, 0.3) is 8.32 Å². The zero-order valence-electron chi connectivity index (χ0n) is 23.7. The molecule has 2 amide bonds. The standard InChI is InChI=1S/C32H38N2O4Si/c1-7-20-34-28(30-24(21-29(34)36)18-19-27(31(30)37-6)33-23(2)35)22-38-39(32(3,4)5,25-14-10-8-11-15-25)26-16-12-9-13-17-26/h7-20,28H,21-22H2,1-6H3,(H,33,35)/b20-7+/t28-/m0/s1. The predicted molar refractivity (Wildman–Crippen MR) is 159 cm³/mol. The molecule has 7 heteroatoms. The molecule has 0 spiro atoms. The molecule has 6 nitrogen and oxygen atoms in total. The molecule has 1 aliphatic heterocycles. The summed E-state index contributed by atoms with van der Waals surface area (Å²) < 4.78 is 13.2. The van der Waals surface area contributed by atoms with Gasteiger partial charge >= 0.3 is 0 Å². The number of ether oxygens (including phenoxy) is 1. The first-order valence-electron chi connectivity index (χ1n) is 13.3. The number of anilines is 1. The average Bonchev–Trinajstić information content (AvgIpc) is 2.90. The molecule has 4 rings (SSSR count). The van der Waals surface area contributed by atoms with E-state index in [-0.39, 0.29) is 29.9 Å². The van der Waals surface area contributed by atoms with Gasteiger partial charge in [0.2, 0.25) is 11.8 Å². The first kappa shape index (κ1) is 28.3. The first-order chi connectivity index (χ1) is 18.6. The van der Waals surface area contributed by atoms with Gasteiger partial charge in [-0.1, -0.05) is 93.6 Å². The molecule has 0 unspecified atom stereocenters. The topological polar surface area (TPSA) is 67.9 Å². The van der Waals surface area contributed by atoms with Crippen molar-refractivity contribution >= 4 is 36.2 Å². The lowest BCUT2D eigenvalue weighted by Gasteiger charge is -2.45. The van der Waals surface area contributed by atoms with Crippen molar-refractivity contribution in [1.82, 2.24) is 4.90 Å². The molecule has 39 heavy (non-hydrogen) atoms. The van der Waals surface area contributed by atoms with Crippen LogP contribution < -0.4 is 20.4 Å². The molecule has 0 aliphatic carbocycles. The Hall–Kier alpha value is -3.68. The number of hydrogen-bond donors (Lipinski definition) is 1. The Bertz CT molecular complexity index is 1310. The summed E-state index contributed by atoms with van der Waals surface area (Å²) in [5.74, 6) is 0.359. The number of hydrogen-bond acceptors (Lipinski definition) is 4. The van der Waals surface area contributed by atoms with Crippen molar-refractivity contribution in [2.45, 2.75) is 52.1 Å². The minimum atomic E-state index is -2.87. The zero-order chi connectivity index (χ0) is 28.2. The van der Waals surface area contributed by atoms with Crippen LogP contribution in [0.15, 0.2) is 85.1 Å². The highest BCUT2D eigenvalue weighted by atomic mass is 28.4.